The van der Waals surface area contributed by atoms with E-state index in [0.717, 1.165) is 11.3 Å². The van der Waals surface area contributed by atoms with Gasteiger partial charge in [0, 0.05) is 23.2 Å². The zero-order chi connectivity index (χ0) is 11.3. The lowest BCUT2D eigenvalue weighted by Gasteiger charge is -2.14. The predicted molar refractivity (Wildman–Crippen MR) is 69.2 cm³/mol. The summed E-state index contributed by atoms with van der Waals surface area (Å²) in [6, 6.07) is 3.64. The van der Waals surface area contributed by atoms with E-state index in [1.807, 2.05) is 20.0 Å². The Labute approximate surface area is 107 Å². The molecule has 1 rings (SSSR count). The van der Waals surface area contributed by atoms with Gasteiger partial charge in [-0.25, -0.2) is 0 Å². The molecule has 0 aliphatic heterocycles. The van der Waals surface area contributed by atoms with Crippen LogP contribution in [0, 0.1) is 0 Å². The molecule has 3 nitrogen and oxygen atoms in total. The summed E-state index contributed by atoms with van der Waals surface area (Å²) in [5.41, 5.74) is 1.00. The Bertz CT molecular complexity index is 332. The minimum Gasteiger partial charge on any atom is -0.493 e. The van der Waals surface area contributed by atoms with E-state index in [-0.39, 0.29) is 12.4 Å². The third-order valence-electron chi connectivity index (χ3n) is 1.97. The molecular weight excluding hydrogens is 249 g/mol. The second-order valence-electron chi connectivity index (χ2n) is 3.06. The SMILES string of the molecule is CCOc1c(CNC)cc(Cl)cc1OC.Cl. The first kappa shape index (κ1) is 15.4. The molecule has 0 heterocycles. The maximum absolute atomic E-state index is 5.97. The highest BCUT2D eigenvalue weighted by molar-refractivity contribution is 6.30. The van der Waals surface area contributed by atoms with Gasteiger partial charge in [0.1, 0.15) is 0 Å². The van der Waals surface area contributed by atoms with Crippen molar-refractivity contribution in [2.24, 2.45) is 0 Å². The Morgan fingerprint density at radius 1 is 1.38 bits per heavy atom. The summed E-state index contributed by atoms with van der Waals surface area (Å²) in [6.45, 7) is 3.25. The van der Waals surface area contributed by atoms with Crippen LogP contribution in [0.2, 0.25) is 5.02 Å². The average molecular weight is 266 g/mol. The molecule has 1 N–H and O–H groups in total. The molecule has 92 valence electrons. The Morgan fingerprint density at radius 3 is 2.56 bits per heavy atom. The summed E-state index contributed by atoms with van der Waals surface area (Å²) in [4.78, 5) is 0. The number of nitrogens with one attached hydrogen (secondary N) is 1. The van der Waals surface area contributed by atoms with Crippen LogP contribution in [0.25, 0.3) is 0 Å². The van der Waals surface area contributed by atoms with Gasteiger partial charge >= 0.3 is 0 Å². The van der Waals surface area contributed by atoms with Gasteiger partial charge in [0.2, 0.25) is 0 Å². The molecule has 0 unspecified atom stereocenters. The molecule has 0 fully saturated rings. The first-order valence-corrected chi connectivity index (χ1v) is 5.24. The monoisotopic (exact) mass is 265 g/mol. The van der Waals surface area contributed by atoms with Gasteiger partial charge in [-0.1, -0.05) is 11.6 Å². The molecule has 1 aromatic carbocycles. The average Bonchev–Trinajstić information content (AvgIpc) is 2.22. The van der Waals surface area contributed by atoms with Crippen molar-refractivity contribution in [3.8, 4) is 11.5 Å². The van der Waals surface area contributed by atoms with Crippen molar-refractivity contribution in [2.45, 2.75) is 13.5 Å². The highest BCUT2D eigenvalue weighted by atomic mass is 35.5. The fourth-order valence-corrected chi connectivity index (χ4v) is 1.64. The van der Waals surface area contributed by atoms with Crippen LogP contribution in [0.4, 0.5) is 0 Å². The van der Waals surface area contributed by atoms with E-state index >= 15 is 0 Å². The van der Waals surface area contributed by atoms with Crippen LogP contribution in [0.3, 0.4) is 0 Å². The van der Waals surface area contributed by atoms with E-state index in [9.17, 15) is 0 Å². The van der Waals surface area contributed by atoms with Gasteiger partial charge in [-0.05, 0) is 20.0 Å². The van der Waals surface area contributed by atoms with Gasteiger partial charge in [0.25, 0.3) is 0 Å². The van der Waals surface area contributed by atoms with E-state index < -0.39 is 0 Å². The van der Waals surface area contributed by atoms with E-state index in [4.69, 9.17) is 21.1 Å². The van der Waals surface area contributed by atoms with Gasteiger partial charge in [0.15, 0.2) is 11.5 Å². The smallest absolute Gasteiger partial charge is 0.165 e. The Balaban J connectivity index is 0.00000225. The fourth-order valence-electron chi connectivity index (χ4n) is 1.40. The van der Waals surface area contributed by atoms with Crippen molar-refractivity contribution >= 4 is 24.0 Å². The number of benzene rings is 1. The molecule has 0 aliphatic rings. The summed E-state index contributed by atoms with van der Waals surface area (Å²) < 4.78 is 10.8. The van der Waals surface area contributed by atoms with Crippen molar-refractivity contribution in [1.82, 2.24) is 5.32 Å². The van der Waals surface area contributed by atoms with Crippen LogP contribution in [0.1, 0.15) is 12.5 Å². The van der Waals surface area contributed by atoms with Gasteiger partial charge < -0.3 is 14.8 Å². The summed E-state index contributed by atoms with van der Waals surface area (Å²) in [6.07, 6.45) is 0. The summed E-state index contributed by atoms with van der Waals surface area (Å²) in [7, 11) is 3.49. The quantitative estimate of drug-likeness (QED) is 0.888. The number of rotatable bonds is 5. The first-order valence-electron chi connectivity index (χ1n) is 4.86. The topological polar surface area (TPSA) is 30.5 Å². The summed E-state index contributed by atoms with van der Waals surface area (Å²) in [5.74, 6) is 1.44. The fraction of sp³-hybridized carbons (Fsp3) is 0.455. The molecule has 0 radical (unpaired) electrons. The van der Waals surface area contributed by atoms with E-state index in [0.29, 0.717) is 23.9 Å². The van der Waals surface area contributed by atoms with Crippen LogP contribution in [-0.4, -0.2) is 20.8 Å². The highest BCUT2D eigenvalue weighted by Crippen LogP contribution is 2.34. The zero-order valence-corrected chi connectivity index (χ0v) is 11.2. The molecule has 0 atom stereocenters. The van der Waals surface area contributed by atoms with Crippen molar-refractivity contribution in [1.29, 1.82) is 0 Å². The number of halogens is 2. The largest absolute Gasteiger partial charge is 0.493 e. The molecule has 0 spiro atoms. The Morgan fingerprint density at radius 2 is 2.06 bits per heavy atom. The molecule has 0 amide bonds. The number of hydrogen-bond donors (Lipinski definition) is 1. The van der Waals surface area contributed by atoms with Crippen LogP contribution >= 0.6 is 24.0 Å². The van der Waals surface area contributed by atoms with Crippen molar-refractivity contribution < 1.29 is 9.47 Å². The van der Waals surface area contributed by atoms with E-state index in [2.05, 4.69) is 5.32 Å². The van der Waals surface area contributed by atoms with E-state index in [1.165, 1.54) is 0 Å². The number of methoxy groups -OCH3 is 1. The van der Waals surface area contributed by atoms with Crippen LogP contribution < -0.4 is 14.8 Å². The van der Waals surface area contributed by atoms with Crippen LogP contribution in [-0.2, 0) is 6.54 Å². The molecule has 0 saturated heterocycles. The maximum atomic E-state index is 5.97. The normalized spacial score (nSPS) is 9.50. The minimum absolute atomic E-state index is 0. The second-order valence-corrected chi connectivity index (χ2v) is 3.50. The van der Waals surface area contributed by atoms with Gasteiger partial charge in [0.05, 0.1) is 13.7 Å². The predicted octanol–water partition coefficient (Wildman–Crippen LogP) is 2.89. The maximum Gasteiger partial charge on any atom is 0.165 e. The van der Waals surface area contributed by atoms with Crippen molar-refractivity contribution in [2.75, 3.05) is 20.8 Å². The molecule has 5 heteroatoms. The molecule has 0 saturated carbocycles. The zero-order valence-electron chi connectivity index (χ0n) is 9.67. The van der Waals surface area contributed by atoms with Crippen LogP contribution in [0.5, 0.6) is 11.5 Å². The lowest BCUT2D eigenvalue weighted by molar-refractivity contribution is 0.307. The minimum atomic E-state index is 0. The molecule has 0 aromatic heterocycles. The standard InChI is InChI=1S/C11H16ClNO2.ClH/c1-4-15-11-8(7-13-2)5-9(12)6-10(11)14-3;/h5-6,13H,4,7H2,1-3H3;1H. The Hall–Kier alpha value is -0.640. The summed E-state index contributed by atoms with van der Waals surface area (Å²) >= 11 is 5.97. The van der Waals surface area contributed by atoms with Crippen molar-refractivity contribution in [3.05, 3.63) is 22.7 Å². The second kappa shape index (κ2) is 7.60. The number of hydrogen-bond acceptors (Lipinski definition) is 3. The molecule has 16 heavy (non-hydrogen) atoms. The third kappa shape index (κ3) is 3.74. The highest BCUT2D eigenvalue weighted by Gasteiger charge is 2.11. The first-order chi connectivity index (χ1) is 7.22. The van der Waals surface area contributed by atoms with Crippen molar-refractivity contribution in [3.63, 3.8) is 0 Å². The lowest BCUT2D eigenvalue weighted by atomic mass is 10.2. The lowest BCUT2D eigenvalue weighted by Crippen LogP contribution is -2.08. The molecule has 0 aliphatic carbocycles. The third-order valence-corrected chi connectivity index (χ3v) is 2.19. The molecule has 0 bridgehead atoms. The van der Waals surface area contributed by atoms with Crippen LogP contribution in [0.15, 0.2) is 12.1 Å². The molecular formula is C11H17Cl2NO2. The number of ether oxygens (including phenoxy) is 2. The van der Waals surface area contributed by atoms with E-state index in [1.54, 1.807) is 13.2 Å². The van der Waals surface area contributed by atoms with Gasteiger partial charge in [-0.3, -0.25) is 0 Å². The Kier molecular flexibility index (Phi) is 7.30. The summed E-state index contributed by atoms with van der Waals surface area (Å²) in [5, 5.41) is 3.72. The van der Waals surface area contributed by atoms with Gasteiger partial charge in [-0.2, -0.15) is 0 Å². The molecule has 1 aromatic rings. The van der Waals surface area contributed by atoms with Gasteiger partial charge in [-0.15, -0.1) is 12.4 Å².